The minimum absolute atomic E-state index is 0.462. The van der Waals surface area contributed by atoms with E-state index in [1.54, 1.807) is 23.4 Å². The highest BCUT2D eigenvalue weighted by atomic mass is 16.4. The molecule has 0 amide bonds. The Bertz CT molecular complexity index is 601. The fraction of sp³-hybridized carbons (Fsp3) is 0.214. The highest BCUT2D eigenvalue weighted by Gasteiger charge is 2.32. The van der Waals surface area contributed by atoms with E-state index in [1.165, 1.54) is 0 Å². The molecule has 0 saturated heterocycles. The summed E-state index contributed by atoms with van der Waals surface area (Å²) in [6, 6.07) is 9.00. The molecule has 1 aliphatic rings. The Balaban J connectivity index is 2.01. The molecule has 2 aromatic rings. The van der Waals surface area contributed by atoms with Gasteiger partial charge in [-0.05, 0) is 17.2 Å². The van der Waals surface area contributed by atoms with E-state index in [0.29, 0.717) is 18.9 Å². The first-order valence-corrected chi connectivity index (χ1v) is 6.09. The average Bonchev–Trinajstić information content (AvgIpc) is 2.46. The molecule has 0 saturated carbocycles. The molecule has 1 atom stereocenters. The first-order chi connectivity index (χ1) is 9.25. The summed E-state index contributed by atoms with van der Waals surface area (Å²) in [5.74, 6) is -0.383. The number of carboxylic acid groups (broad SMARTS) is 1. The van der Waals surface area contributed by atoms with E-state index in [4.69, 9.17) is 0 Å². The van der Waals surface area contributed by atoms with Crippen LogP contribution in [0.2, 0.25) is 0 Å². The average molecular weight is 255 g/mol. The molecule has 0 radical (unpaired) electrons. The lowest BCUT2D eigenvalue weighted by Gasteiger charge is -2.34. The zero-order valence-electron chi connectivity index (χ0n) is 10.2. The van der Waals surface area contributed by atoms with Crippen LogP contribution in [0.5, 0.6) is 0 Å². The summed E-state index contributed by atoms with van der Waals surface area (Å²) in [7, 11) is 0. The first kappa shape index (κ1) is 11.6. The van der Waals surface area contributed by atoms with Crippen molar-refractivity contribution in [1.82, 2.24) is 9.97 Å². The van der Waals surface area contributed by atoms with E-state index in [0.717, 1.165) is 11.1 Å². The highest BCUT2D eigenvalue weighted by Crippen LogP contribution is 2.26. The fourth-order valence-corrected chi connectivity index (χ4v) is 2.39. The molecule has 0 aliphatic carbocycles. The van der Waals surface area contributed by atoms with Crippen LogP contribution in [0.25, 0.3) is 0 Å². The second-order valence-corrected chi connectivity index (χ2v) is 4.50. The Morgan fingerprint density at radius 2 is 1.84 bits per heavy atom. The Hall–Kier alpha value is -2.43. The first-order valence-electron chi connectivity index (χ1n) is 6.09. The second-order valence-electron chi connectivity index (χ2n) is 4.50. The van der Waals surface area contributed by atoms with Crippen LogP contribution in [0.15, 0.2) is 42.7 Å². The summed E-state index contributed by atoms with van der Waals surface area (Å²) in [4.78, 5) is 21.5. The maximum Gasteiger partial charge on any atom is 0.326 e. The molecule has 2 heterocycles. The molecular weight excluding hydrogens is 242 g/mol. The van der Waals surface area contributed by atoms with Crippen molar-refractivity contribution in [2.45, 2.75) is 19.0 Å². The molecule has 3 rings (SSSR count). The van der Waals surface area contributed by atoms with Gasteiger partial charge in [-0.1, -0.05) is 24.3 Å². The van der Waals surface area contributed by atoms with Crippen molar-refractivity contribution in [3.05, 3.63) is 53.9 Å². The van der Waals surface area contributed by atoms with Crippen LogP contribution in [-0.4, -0.2) is 27.1 Å². The molecule has 19 heavy (non-hydrogen) atoms. The number of carboxylic acids is 1. The van der Waals surface area contributed by atoms with Gasteiger partial charge < -0.3 is 10.0 Å². The predicted octanol–water partition coefficient (Wildman–Crippen LogP) is 1.49. The van der Waals surface area contributed by atoms with Gasteiger partial charge in [0.05, 0.1) is 0 Å². The molecule has 1 N–H and O–H groups in total. The van der Waals surface area contributed by atoms with Crippen molar-refractivity contribution in [3.63, 3.8) is 0 Å². The Morgan fingerprint density at radius 1 is 1.16 bits per heavy atom. The zero-order valence-corrected chi connectivity index (χ0v) is 10.2. The molecule has 0 unspecified atom stereocenters. The summed E-state index contributed by atoms with van der Waals surface area (Å²) < 4.78 is 0. The van der Waals surface area contributed by atoms with Gasteiger partial charge in [-0.15, -0.1) is 0 Å². The third-order valence-electron chi connectivity index (χ3n) is 3.34. The van der Waals surface area contributed by atoms with E-state index >= 15 is 0 Å². The van der Waals surface area contributed by atoms with E-state index in [9.17, 15) is 9.90 Å². The second kappa shape index (κ2) is 4.68. The van der Waals surface area contributed by atoms with Gasteiger partial charge in [0.15, 0.2) is 0 Å². The Kier molecular flexibility index (Phi) is 2.87. The largest absolute Gasteiger partial charge is 0.480 e. The number of rotatable bonds is 2. The number of carbonyl (C=O) groups is 1. The summed E-state index contributed by atoms with van der Waals surface area (Å²) >= 11 is 0. The SMILES string of the molecule is O=C(O)[C@@H]1Cc2ccccc2CN1c1ncccn1. The smallest absolute Gasteiger partial charge is 0.326 e. The van der Waals surface area contributed by atoms with Gasteiger partial charge >= 0.3 is 5.97 Å². The summed E-state index contributed by atoms with van der Waals surface area (Å²) in [5.41, 5.74) is 2.22. The van der Waals surface area contributed by atoms with Crippen molar-refractivity contribution in [2.75, 3.05) is 4.90 Å². The zero-order chi connectivity index (χ0) is 13.2. The highest BCUT2D eigenvalue weighted by molar-refractivity contribution is 5.78. The van der Waals surface area contributed by atoms with Crippen LogP contribution >= 0.6 is 0 Å². The van der Waals surface area contributed by atoms with Gasteiger partial charge in [0, 0.05) is 25.4 Å². The number of nitrogens with zero attached hydrogens (tertiary/aromatic N) is 3. The van der Waals surface area contributed by atoms with Gasteiger partial charge in [0.1, 0.15) is 6.04 Å². The summed E-state index contributed by atoms with van der Waals surface area (Å²) in [6.45, 7) is 0.525. The number of aliphatic carboxylic acids is 1. The monoisotopic (exact) mass is 255 g/mol. The third-order valence-corrected chi connectivity index (χ3v) is 3.34. The van der Waals surface area contributed by atoms with Crippen molar-refractivity contribution >= 4 is 11.9 Å². The van der Waals surface area contributed by atoms with Gasteiger partial charge in [0.2, 0.25) is 5.95 Å². The Labute approximate surface area is 110 Å². The topological polar surface area (TPSA) is 66.3 Å². The van der Waals surface area contributed by atoms with Crippen molar-refractivity contribution in [2.24, 2.45) is 0 Å². The Morgan fingerprint density at radius 3 is 2.53 bits per heavy atom. The molecule has 1 aromatic carbocycles. The number of anilines is 1. The molecular formula is C14H13N3O2. The molecule has 1 aromatic heterocycles. The molecule has 0 bridgehead atoms. The standard InChI is InChI=1S/C14H13N3O2/c18-13(19)12-8-10-4-1-2-5-11(10)9-17(12)14-15-6-3-7-16-14/h1-7,12H,8-9H2,(H,18,19)/t12-/m0/s1. The maximum atomic E-state index is 11.5. The molecule has 96 valence electrons. The third kappa shape index (κ3) is 2.14. The lowest BCUT2D eigenvalue weighted by molar-refractivity contribution is -0.138. The minimum atomic E-state index is -0.845. The predicted molar refractivity (Wildman–Crippen MR) is 69.8 cm³/mol. The van der Waals surface area contributed by atoms with Crippen LogP contribution in [0.3, 0.4) is 0 Å². The van der Waals surface area contributed by atoms with Crippen LogP contribution in [0.1, 0.15) is 11.1 Å². The number of hydrogen-bond donors (Lipinski definition) is 1. The van der Waals surface area contributed by atoms with Crippen molar-refractivity contribution in [1.29, 1.82) is 0 Å². The van der Waals surface area contributed by atoms with Gasteiger partial charge in [-0.3, -0.25) is 0 Å². The number of fused-ring (bicyclic) bond motifs is 1. The summed E-state index contributed by atoms with van der Waals surface area (Å²) in [6.07, 6.45) is 3.73. The van der Waals surface area contributed by atoms with Gasteiger partial charge in [0.25, 0.3) is 0 Å². The number of aromatic nitrogens is 2. The van der Waals surface area contributed by atoms with Crippen LogP contribution in [-0.2, 0) is 17.8 Å². The van der Waals surface area contributed by atoms with Crippen molar-refractivity contribution in [3.8, 4) is 0 Å². The molecule has 0 fully saturated rings. The number of benzene rings is 1. The molecule has 0 spiro atoms. The maximum absolute atomic E-state index is 11.5. The van der Waals surface area contributed by atoms with Crippen LogP contribution < -0.4 is 4.90 Å². The molecule has 5 heteroatoms. The van der Waals surface area contributed by atoms with E-state index in [-0.39, 0.29) is 0 Å². The van der Waals surface area contributed by atoms with E-state index < -0.39 is 12.0 Å². The molecule has 1 aliphatic heterocycles. The van der Waals surface area contributed by atoms with E-state index in [2.05, 4.69) is 9.97 Å². The number of hydrogen-bond acceptors (Lipinski definition) is 4. The summed E-state index contributed by atoms with van der Waals surface area (Å²) in [5, 5.41) is 9.40. The fourth-order valence-electron chi connectivity index (χ4n) is 2.39. The van der Waals surface area contributed by atoms with Gasteiger partial charge in [-0.25, -0.2) is 14.8 Å². The lowest BCUT2D eigenvalue weighted by Crippen LogP contribution is -2.46. The normalized spacial score (nSPS) is 17.9. The van der Waals surface area contributed by atoms with Crippen LogP contribution in [0.4, 0.5) is 5.95 Å². The van der Waals surface area contributed by atoms with Crippen molar-refractivity contribution < 1.29 is 9.90 Å². The van der Waals surface area contributed by atoms with Crippen LogP contribution in [0, 0.1) is 0 Å². The molecule has 5 nitrogen and oxygen atoms in total. The van der Waals surface area contributed by atoms with Gasteiger partial charge in [-0.2, -0.15) is 0 Å². The minimum Gasteiger partial charge on any atom is -0.480 e. The quantitative estimate of drug-likeness (QED) is 0.880. The lowest BCUT2D eigenvalue weighted by atomic mass is 9.94. The van der Waals surface area contributed by atoms with E-state index in [1.807, 2.05) is 24.3 Å².